The van der Waals surface area contributed by atoms with Gasteiger partial charge < -0.3 is 24.8 Å². The van der Waals surface area contributed by atoms with Crippen molar-refractivity contribution in [2.24, 2.45) is 0 Å². The Morgan fingerprint density at radius 1 is 1.12 bits per heavy atom. The largest absolute Gasteiger partial charge is 0.378 e. The molecule has 3 amide bonds. The van der Waals surface area contributed by atoms with E-state index in [0.29, 0.717) is 55.7 Å². The molecule has 12 nitrogen and oxygen atoms in total. The second-order valence-electron chi connectivity index (χ2n) is 10.1. The first-order valence-electron chi connectivity index (χ1n) is 13.2. The molecule has 0 bridgehead atoms. The van der Waals surface area contributed by atoms with Crippen LogP contribution < -0.4 is 10.7 Å². The first-order chi connectivity index (χ1) is 19.3. The molecule has 0 aliphatic carbocycles. The molecule has 40 heavy (non-hydrogen) atoms. The van der Waals surface area contributed by atoms with Crippen molar-refractivity contribution in [3.05, 3.63) is 40.6 Å². The fourth-order valence-corrected chi connectivity index (χ4v) is 7.85. The molecule has 0 saturated carbocycles. The normalized spacial score (nSPS) is 22.1. The molecule has 6 rings (SSSR count). The van der Waals surface area contributed by atoms with Crippen LogP contribution in [0.25, 0.3) is 10.9 Å². The number of carbonyl (C=O) groups is 2. The molecule has 14 heteroatoms. The van der Waals surface area contributed by atoms with Crippen molar-refractivity contribution >= 4 is 44.6 Å². The average molecular weight is 586 g/mol. The van der Waals surface area contributed by atoms with Crippen LogP contribution in [0, 0.1) is 12.3 Å². The van der Waals surface area contributed by atoms with Gasteiger partial charge in [-0.25, -0.2) is 18.2 Å². The van der Waals surface area contributed by atoms with Crippen LogP contribution in [0.3, 0.4) is 0 Å². The molecule has 0 radical (unpaired) electrons. The molecular weight excluding hydrogens is 554 g/mol. The molecule has 2 aromatic rings. The molecule has 4 aliphatic rings. The quantitative estimate of drug-likeness (QED) is 0.451. The number of nitrogens with zero attached hydrogens (tertiary/aromatic N) is 4. The van der Waals surface area contributed by atoms with E-state index in [4.69, 9.17) is 11.2 Å². The van der Waals surface area contributed by atoms with Gasteiger partial charge in [0, 0.05) is 74.3 Å². The number of hydrazine groups is 1. The number of rotatable bonds is 4. The van der Waals surface area contributed by atoms with Crippen LogP contribution in [0.4, 0.5) is 4.79 Å². The number of urea groups is 1. The fraction of sp³-hybridized carbons (Fsp3) is 0.462. The SMILES string of the molecule is C#Cc1ccc2[nH]c(S(=O)(=O)N3CCN(C(=O)N4CCC5=C(N4)SCN5)C(CC(=O)N4CCOCC4)C3)cc2c1. The zero-order valence-electron chi connectivity index (χ0n) is 21.9. The number of nitrogens with one attached hydrogen (secondary N) is 3. The number of thioether (sulfide) groups is 1. The zero-order valence-corrected chi connectivity index (χ0v) is 23.5. The number of carbonyl (C=O) groups excluding carboxylic acids is 2. The smallest absolute Gasteiger partial charge is 0.339 e. The van der Waals surface area contributed by atoms with Crippen molar-refractivity contribution in [1.29, 1.82) is 0 Å². The Morgan fingerprint density at radius 2 is 1.95 bits per heavy atom. The number of terminal acetylenes is 1. The van der Waals surface area contributed by atoms with Crippen molar-refractivity contribution in [3.8, 4) is 12.3 Å². The molecule has 1 unspecified atom stereocenters. The number of fused-ring (bicyclic) bond motifs is 1. The number of ether oxygens (including phenoxy) is 1. The second kappa shape index (κ2) is 10.9. The molecule has 0 spiro atoms. The number of hydrogen-bond donors (Lipinski definition) is 3. The Morgan fingerprint density at radius 3 is 2.75 bits per heavy atom. The van der Waals surface area contributed by atoms with E-state index in [0.717, 1.165) is 16.6 Å². The maximum absolute atomic E-state index is 13.7. The van der Waals surface area contributed by atoms with Gasteiger partial charge in [0.2, 0.25) is 5.91 Å². The summed E-state index contributed by atoms with van der Waals surface area (Å²) in [4.78, 5) is 33.3. The predicted molar refractivity (Wildman–Crippen MR) is 150 cm³/mol. The van der Waals surface area contributed by atoms with Crippen LogP contribution >= 0.6 is 11.8 Å². The molecule has 5 heterocycles. The van der Waals surface area contributed by atoms with E-state index >= 15 is 0 Å². The Balaban J connectivity index is 1.24. The molecule has 3 N–H and O–H groups in total. The minimum Gasteiger partial charge on any atom is -0.378 e. The number of H-pyrrole nitrogens is 1. The van der Waals surface area contributed by atoms with Crippen molar-refractivity contribution in [3.63, 3.8) is 0 Å². The summed E-state index contributed by atoms with van der Waals surface area (Å²) in [6.45, 7) is 2.63. The molecule has 2 fully saturated rings. The van der Waals surface area contributed by atoms with Crippen molar-refractivity contribution in [1.82, 2.24) is 34.8 Å². The summed E-state index contributed by atoms with van der Waals surface area (Å²) in [6.07, 6.45) is 6.23. The lowest BCUT2D eigenvalue weighted by atomic mass is 10.1. The highest BCUT2D eigenvalue weighted by molar-refractivity contribution is 8.03. The number of morpholine rings is 1. The number of piperazine rings is 1. The van der Waals surface area contributed by atoms with Crippen molar-refractivity contribution in [2.45, 2.75) is 23.9 Å². The highest BCUT2D eigenvalue weighted by atomic mass is 32.2. The van der Waals surface area contributed by atoms with Gasteiger partial charge in [-0.05, 0) is 24.3 Å². The number of aromatic nitrogens is 1. The summed E-state index contributed by atoms with van der Waals surface area (Å²) in [5, 5.41) is 6.55. The Kier molecular flexibility index (Phi) is 7.30. The summed E-state index contributed by atoms with van der Waals surface area (Å²) in [5.41, 5.74) is 5.61. The molecule has 1 aromatic heterocycles. The number of aromatic amines is 1. The van der Waals surface area contributed by atoms with Crippen molar-refractivity contribution < 1.29 is 22.7 Å². The standard InChI is InChI=1S/C26H31N7O5S2/c1-2-18-3-4-21-19(13-18)14-23(28-21)40(36,37)31-7-8-32(20(16-31)15-24(34)30-9-11-38-12-10-30)26(35)33-6-5-22-25(29-33)39-17-27-22/h1,3-4,13-14,20,27-29H,5-12,15-17H2. The van der Waals surface area contributed by atoms with E-state index in [1.165, 1.54) is 4.31 Å². The second-order valence-corrected chi connectivity index (χ2v) is 12.9. The maximum atomic E-state index is 13.7. The van der Waals surface area contributed by atoms with Crippen molar-refractivity contribution in [2.75, 3.05) is 58.4 Å². The van der Waals surface area contributed by atoms with E-state index in [1.54, 1.807) is 50.8 Å². The number of sulfonamides is 1. The van der Waals surface area contributed by atoms with Crippen LogP contribution in [0.1, 0.15) is 18.4 Å². The van der Waals surface area contributed by atoms with Gasteiger partial charge in [0.1, 0.15) is 10.1 Å². The van der Waals surface area contributed by atoms with Gasteiger partial charge in [0.05, 0.1) is 25.1 Å². The van der Waals surface area contributed by atoms with E-state index in [1.807, 2.05) is 0 Å². The lowest BCUT2D eigenvalue weighted by Gasteiger charge is -2.43. The van der Waals surface area contributed by atoms with E-state index in [-0.39, 0.29) is 43.0 Å². The average Bonchev–Trinajstić information content (AvgIpc) is 3.64. The lowest BCUT2D eigenvalue weighted by molar-refractivity contribution is -0.136. The summed E-state index contributed by atoms with van der Waals surface area (Å²) >= 11 is 1.60. The predicted octanol–water partition coefficient (Wildman–Crippen LogP) is 0.866. The molecule has 4 aliphatic heterocycles. The van der Waals surface area contributed by atoms with Gasteiger partial charge in [-0.2, -0.15) is 4.31 Å². The molecule has 2 saturated heterocycles. The monoisotopic (exact) mass is 585 g/mol. The van der Waals surface area contributed by atoms with Gasteiger partial charge in [0.15, 0.2) is 0 Å². The highest BCUT2D eigenvalue weighted by Gasteiger charge is 2.41. The van der Waals surface area contributed by atoms with Gasteiger partial charge >= 0.3 is 6.03 Å². The van der Waals surface area contributed by atoms with Crippen LogP contribution in [-0.2, 0) is 19.6 Å². The van der Waals surface area contributed by atoms with Gasteiger partial charge in [-0.1, -0.05) is 17.7 Å². The highest BCUT2D eigenvalue weighted by Crippen LogP contribution is 2.29. The zero-order chi connectivity index (χ0) is 27.9. The number of amides is 3. The summed E-state index contributed by atoms with van der Waals surface area (Å²) in [6, 6.07) is 5.96. The fourth-order valence-electron chi connectivity index (χ4n) is 5.45. The Hall–Kier alpha value is -3.38. The van der Waals surface area contributed by atoms with E-state index in [2.05, 4.69) is 21.6 Å². The molecule has 1 atom stereocenters. The van der Waals surface area contributed by atoms with E-state index < -0.39 is 16.1 Å². The third-order valence-corrected chi connectivity index (χ3v) is 10.4. The number of hydrogen-bond acceptors (Lipinski definition) is 8. The third kappa shape index (κ3) is 5.10. The number of benzene rings is 1. The molecular formula is C26H31N7O5S2. The Labute approximate surface area is 237 Å². The third-order valence-electron chi connectivity index (χ3n) is 7.67. The minimum atomic E-state index is -3.93. The van der Waals surface area contributed by atoms with Crippen LogP contribution in [-0.4, -0.2) is 109 Å². The van der Waals surface area contributed by atoms with Crippen LogP contribution in [0.5, 0.6) is 0 Å². The summed E-state index contributed by atoms with van der Waals surface area (Å²) < 4.78 is 34.2. The summed E-state index contributed by atoms with van der Waals surface area (Å²) in [7, 11) is -3.93. The van der Waals surface area contributed by atoms with Gasteiger partial charge in [0.25, 0.3) is 10.0 Å². The first-order valence-corrected chi connectivity index (χ1v) is 15.7. The lowest BCUT2D eigenvalue weighted by Crippen LogP contribution is -2.62. The maximum Gasteiger partial charge on any atom is 0.339 e. The Bertz CT molecular complexity index is 1510. The van der Waals surface area contributed by atoms with Gasteiger partial charge in [-0.15, -0.1) is 6.42 Å². The van der Waals surface area contributed by atoms with E-state index in [9.17, 15) is 18.0 Å². The topological polar surface area (TPSA) is 130 Å². The first kappa shape index (κ1) is 26.8. The summed E-state index contributed by atoms with van der Waals surface area (Å²) in [5.74, 6) is 3.20. The van der Waals surface area contributed by atoms with Crippen LogP contribution in [0.15, 0.2) is 40.0 Å². The molecule has 1 aromatic carbocycles. The van der Waals surface area contributed by atoms with Crippen LogP contribution in [0.2, 0.25) is 0 Å². The minimum absolute atomic E-state index is 0.00716. The molecule has 212 valence electrons. The van der Waals surface area contributed by atoms with Gasteiger partial charge in [-0.3, -0.25) is 10.2 Å².